The lowest BCUT2D eigenvalue weighted by atomic mass is 9.90. The van der Waals surface area contributed by atoms with Crippen LogP contribution in [0.4, 0.5) is 8.78 Å². The van der Waals surface area contributed by atoms with Crippen LogP contribution < -0.4 is 5.32 Å². The van der Waals surface area contributed by atoms with Crippen molar-refractivity contribution in [3.8, 4) is 6.07 Å². The number of fused-ring (bicyclic) bond motifs is 2. The van der Waals surface area contributed by atoms with Gasteiger partial charge in [-0.05, 0) is 48.4 Å². The van der Waals surface area contributed by atoms with E-state index in [9.17, 15) is 43.0 Å². The summed E-state index contributed by atoms with van der Waals surface area (Å²) in [7, 11) is -3.57. The van der Waals surface area contributed by atoms with Crippen molar-refractivity contribution in [1.29, 1.82) is 5.26 Å². The van der Waals surface area contributed by atoms with Gasteiger partial charge in [0.25, 0.3) is 5.91 Å². The van der Waals surface area contributed by atoms with Gasteiger partial charge in [0, 0.05) is 55.3 Å². The first-order chi connectivity index (χ1) is 22.9. The number of thiophene rings is 1. The van der Waals surface area contributed by atoms with Crippen molar-refractivity contribution in [2.45, 2.75) is 55.9 Å². The summed E-state index contributed by atoms with van der Waals surface area (Å²) in [4.78, 5) is 77.6. The van der Waals surface area contributed by atoms with Crippen molar-refractivity contribution in [2.75, 3.05) is 26.2 Å². The smallest absolute Gasteiger partial charge is 0.339 e. The standard InChI is InChI=1S/C33H34F2N5O6PS/c1-19(41)38-12-11-24-8-9-27(32(44)39-16-22(15-36)25(17-39)20-5-3-2-4-6-20)40(24)31(43)26(18-38)37-30(42)29-14-21-13-23(7-10-28(21)48-29)33(34,35)47(45)46/h2-7,10,13-14,22,24-27,45-46H,8-9,11-12,16-18H2,1H3,(H,37,42)/t22-,24+,25+,26-,27-/m0/s1. The number of benzene rings is 2. The fourth-order valence-corrected chi connectivity index (χ4v) is 8.38. The van der Waals surface area contributed by atoms with Crippen LogP contribution in [-0.2, 0) is 20.0 Å². The van der Waals surface area contributed by atoms with Crippen LogP contribution in [0, 0.1) is 17.2 Å². The summed E-state index contributed by atoms with van der Waals surface area (Å²) in [5, 5.41) is 12.9. The minimum atomic E-state index is -3.86. The predicted octanol–water partition coefficient (Wildman–Crippen LogP) is 3.72. The van der Waals surface area contributed by atoms with Crippen LogP contribution >= 0.6 is 19.7 Å². The minimum absolute atomic E-state index is 0.113. The summed E-state index contributed by atoms with van der Waals surface area (Å²) in [5.74, 6) is -2.21. The molecule has 3 fully saturated rings. The Bertz CT molecular complexity index is 1780. The summed E-state index contributed by atoms with van der Waals surface area (Å²) < 4.78 is 29.0. The number of nitrogens with zero attached hydrogens (tertiary/aromatic N) is 4. The summed E-state index contributed by atoms with van der Waals surface area (Å²) in [6.45, 7) is 2.19. The summed E-state index contributed by atoms with van der Waals surface area (Å²) in [6.07, 6.45) is 1.42. The molecule has 6 rings (SSSR count). The zero-order valence-electron chi connectivity index (χ0n) is 26.0. The normalized spacial score (nSPS) is 24.7. The Hall–Kier alpha value is -4.02. The monoisotopic (exact) mass is 697 g/mol. The number of likely N-dealkylation sites (tertiary alicyclic amines) is 1. The molecule has 4 heterocycles. The van der Waals surface area contributed by atoms with Crippen LogP contribution in [-0.4, -0.2) is 92.4 Å². The van der Waals surface area contributed by atoms with Gasteiger partial charge in [-0.15, -0.1) is 11.3 Å². The first-order valence-electron chi connectivity index (χ1n) is 15.6. The molecule has 3 aliphatic rings. The van der Waals surface area contributed by atoms with E-state index in [2.05, 4.69) is 11.4 Å². The molecular formula is C33H34F2N5O6PS. The fraction of sp³-hybridized carbons (Fsp3) is 0.424. The highest BCUT2D eigenvalue weighted by molar-refractivity contribution is 7.46. The van der Waals surface area contributed by atoms with Gasteiger partial charge in [0.1, 0.15) is 12.1 Å². The summed E-state index contributed by atoms with van der Waals surface area (Å²) in [6, 6.07) is 14.5. The molecule has 2 aromatic carbocycles. The van der Waals surface area contributed by atoms with Crippen molar-refractivity contribution in [2.24, 2.45) is 5.92 Å². The van der Waals surface area contributed by atoms with E-state index in [-0.39, 0.29) is 47.1 Å². The van der Waals surface area contributed by atoms with E-state index < -0.39 is 49.4 Å². The number of carbonyl (C=O) groups excluding carboxylic acids is 4. The Morgan fingerprint density at radius 3 is 2.46 bits per heavy atom. The Morgan fingerprint density at radius 2 is 1.77 bits per heavy atom. The van der Waals surface area contributed by atoms with Crippen molar-refractivity contribution in [1.82, 2.24) is 20.0 Å². The van der Waals surface area contributed by atoms with E-state index >= 15 is 0 Å². The molecule has 3 aromatic rings. The molecular weight excluding hydrogens is 663 g/mol. The van der Waals surface area contributed by atoms with E-state index in [1.165, 1.54) is 24.0 Å². The largest absolute Gasteiger partial charge is 0.346 e. The van der Waals surface area contributed by atoms with Crippen LogP contribution in [0.5, 0.6) is 0 Å². The third-order valence-corrected chi connectivity index (χ3v) is 11.5. The lowest BCUT2D eigenvalue weighted by Crippen LogP contribution is -2.61. The number of nitriles is 1. The van der Waals surface area contributed by atoms with Gasteiger partial charge >= 0.3 is 5.66 Å². The third-order valence-electron chi connectivity index (χ3n) is 9.59. The maximum atomic E-state index is 14.3. The van der Waals surface area contributed by atoms with E-state index in [0.29, 0.717) is 37.1 Å². The fourth-order valence-electron chi connectivity index (χ4n) is 7.06. The number of hydrogen-bond donors (Lipinski definition) is 3. The Labute approximate surface area is 280 Å². The number of carbonyl (C=O) groups is 4. The zero-order valence-corrected chi connectivity index (χ0v) is 27.7. The maximum absolute atomic E-state index is 14.3. The molecule has 48 heavy (non-hydrogen) atoms. The molecule has 0 spiro atoms. The molecule has 0 radical (unpaired) electrons. The van der Waals surface area contributed by atoms with Gasteiger partial charge in [-0.25, -0.2) is 0 Å². The minimum Gasteiger partial charge on any atom is -0.346 e. The molecule has 0 aliphatic carbocycles. The number of alkyl halides is 2. The average Bonchev–Trinajstić information content (AvgIpc) is 3.81. The van der Waals surface area contributed by atoms with Crippen LogP contribution in [0.1, 0.15) is 52.9 Å². The topological polar surface area (TPSA) is 154 Å². The van der Waals surface area contributed by atoms with Crippen LogP contribution in [0.2, 0.25) is 0 Å². The van der Waals surface area contributed by atoms with Gasteiger partial charge in [0.2, 0.25) is 26.1 Å². The van der Waals surface area contributed by atoms with Crippen molar-refractivity contribution in [3.05, 3.63) is 70.6 Å². The SMILES string of the molecule is CC(=O)N1CC[C@H]2CC[C@@H](C(=O)N3C[C@H](c4ccccc4)[C@@H](C#N)C3)N2C(=O)[C@@H](NC(=O)c2cc3cc(C(F)(F)P(O)O)ccc3s2)C1. The van der Waals surface area contributed by atoms with Crippen LogP contribution in [0.3, 0.4) is 0 Å². The Morgan fingerprint density at radius 1 is 1.02 bits per heavy atom. The number of amides is 4. The zero-order chi connectivity index (χ0) is 34.3. The summed E-state index contributed by atoms with van der Waals surface area (Å²) in [5.41, 5.74) is -3.49. The van der Waals surface area contributed by atoms with E-state index in [1.54, 1.807) is 9.80 Å². The number of nitrogens with one attached hydrogen (secondary N) is 1. The molecule has 15 heteroatoms. The lowest BCUT2D eigenvalue weighted by Gasteiger charge is -2.39. The highest BCUT2D eigenvalue weighted by atomic mass is 32.1. The van der Waals surface area contributed by atoms with Gasteiger partial charge < -0.3 is 29.8 Å². The summed E-state index contributed by atoms with van der Waals surface area (Å²) >= 11 is 1.01. The maximum Gasteiger partial charge on any atom is 0.339 e. The van der Waals surface area contributed by atoms with Gasteiger partial charge in [-0.1, -0.05) is 36.4 Å². The Balaban J connectivity index is 1.24. The molecule has 3 N–H and O–H groups in total. The predicted molar refractivity (Wildman–Crippen MR) is 174 cm³/mol. The van der Waals surface area contributed by atoms with Crippen molar-refractivity contribution >= 4 is 53.4 Å². The van der Waals surface area contributed by atoms with Crippen LogP contribution in [0.25, 0.3) is 10.1 Å². The van der Waals surface area contributed by atoms with E-state index in [1.807, 2.05) is 30.3 Å². The molecule has 0 unspecified atom stereocenters. The Kier molecular flexibility index (Phi) is 9.51. The molecule has 252 valence electrons. The van der Waals surface area contributed by atoms with Crippen molar-refractivity contribution < 1.29 is 37.7 Å². The molecule has 5 atom stereocenters. The third kappa shape index (κ3) is 6.40. The molecule has 1 aromatic heterocycles. The van der Waals surface area contributed by atoms with Gasteiger partial charge in [0.15, 0.2) is 0 Å². The highest BCUT2D eigenvalue weighted by Crippen LogP contribution is 2.53. The average molecular weight is 698 g/mol. The molecule has 0 bridgehead atoms. The molecule has 0 saturated carbocycles. The second-order valence-electron chi connectivity index (χ2n) is 12.5. The highest BCUT2D eigenvalue weighted by Gasteiger charge is 2.48. The molecule has 4 amide bonds. The van der Waals surface area contributed by atoms with Gasteiger partial charge in [0.05, 0.1) is 16.9 Å². The van der Waals surface area contributed by atoms with E-state index in [4.69, 9.17) is 0 Å². The van der Waals surface area contributed by atoms with E-state index in [0.717, 1.165) is 29.0 Å². The van der Waals surface area contributed by atoms with Gasteiger partial charge in [-0.2, -0.15) is 14.0 Å². The number of rotatable bonds is 6. The van der Waals surface area contributed by atoms with Crippen LogP contribution in [0.15, 0.2) is 54.6 Å². The number of hydrogen-bond acceptors (Lipinski definition) is 8. The second kappa shape index (κ2) is 13.5. The molecule has 11 nitrogen and oxygen atoms in total. The molecule has 3 aliphatic heterocycles. The quantitative estimate of drug-likeness (QED) is 0.332. The molecule has 3 saturated heterocycles. The second-order valence-corrected chi connectivity index (χ2v) is 14.7. The number of halogens is 2. The first kappa shape index (κ1) is 33.9. The van der Waals surface area contributed by atoms with Gasteiger partial charge in [-0.3, -0.25) is 19.2 Å². The lowest BCUT2D eigenvalue weighted by molar-refractivity contribution is -0.148. The first-order valence-corrected chi connectivity index (χ1v) is 17.7. The van der Waals surface area contributed by atoms with Crippen molar-refractivity contribution in [3.63, 3.8) is 0 Å².